The van der Waals surface area contributed by atoms with Crippen LogP contribution >= 0.6 is 0 Å². The summed E-state index contributed by atoms with van der Waals surface area (Å²) in [5.74, 6) is -0.491. The van der Waals surface area contributed by atoms with E-state index in [-0.39, 0.29) is 18.3 Å². The third-order valence-corrected chi connectivity index (χ3v) is 6.72. The maximum absolute atomic E-state index is 12.6. The summed E-state index contributed by atoms with van der Waals surface area (Å²) in [5.41, 5.74) is 0.663. The minimum absolute atomic E-state index is 0.194. The van der Waals surface area contributed by atoms with E-state index in [1.807, 2.05) is 18.2 Å². The molecule has 4 rings (SSSR count). The van der Waals surface area contributed by atoms with Crippen LogP contribution in [0.3, 0.4) is 0 Å². The molecule has 0 radical (unpaired) electrons. The van der Waals surface area contributed by atoms with Crippen LogP contribution in [0, 0.1) is 10.1 Å². The lowest BCUT2D eigenvalue weighted by Crippen LogP contribution is -2.49. The fourth-order valence-corrected chi connectivity index (χ4v) is 4.53. The summed E-state index contributed by atoms with van der Waals surface area (Å²) in [5, 5.41) is 18.7. The van der Waals surface area contributed by atoms with Gasteiger partial charge in [0, 0.05) is 38.8 Å². The van der Waals surface area contributed by atoms with E-state index in [0.717, 1.165) is 24.7 Å². The van der Waals surface area contributed by atoms with Crippen molar-refractivity contribution in [3.63, 3.8) is 0 Å². The molecule has 178 valence electrons. The molecule has 0 atom stereocenters. The lowest BCUT2D eigenvalue weighted by molar-refractivity contribution is -0.386. The van der Waals surface area contributed by atoms with Crippen molar-refractivity contribution < 1.29 is 22.9 Å². The van der Waals surface area contributed by atoms with E-state index in [2.05, 4.69) is 29.2 Å². The number of nitrogens with zero attached hydrogens (tertiary/aromatic N) is 3. The van der Waals surface area contributed by atoms with Crippen LogP contribution in [0.25, 0.3) is 10.8 Å². The monoisotopic (exact) mass is 484 g/mol. The highest BCUT2D eigenvalue weighted by Gasteiger charge is 2.24. The first-order valence-corrected chi connectivity index (χ1v) is 12.2. The second-order valence-electron chi connectivity index (χ2n) is 8.02. The van der Waals surface area contributed by atoms with Crippen LogP contribution in [0.5, 0.6) is 5.75 Å². The molecule has 0 saturated carbocycles. The number of fused-ring (bicyclic) bond motifs is 1. The number of carbonyl (C=O) groups excluding carboxylic acids is 1. The number of nitro groups is 1. The molecular weight excluding hydrogens is 460 g/mol. The van der Waals surface area contributed by atoms with E-state index in [9.17, 15) is 23.3 Å². The molecule has 0 bridgehead atoms. The quantitative estimate of drug-likeness (QED) is 0.401. The lowest BCUT2D eigenvalue weighted by Gasteiger charge is -2.34. The topological polar surface area (TPSA) is 136 Å². The highest BCUT2D eigenvalue weighted by atomic mass is 32.2. The van der Waals surface area contributed by atoms with E-state index in [1.54, 1.807) is 4.90 Å². The van der Waals surface area contributed by atoms with Gasteiger partial charge in [-0.3, -0.25) is 19.8 Å². The van der Waals surface area contributed by atoms with E-state index < -0.39 is 25.5 Å². The van der Waals surface area contributed by atoms with Crippen molar-refractivity contribution in [3.05, 3.63) is 76.3 Å². The molecule has 1 amide bonds. The smallest absolute Gasteiger partial charge is 0.312 e. The Balaban J connectivity index is 1.34. The largest absolute Gasteiger partial charge is 0.477 e. The SMILES string of the molecule is NS(=O)(=O)c1ccc(OCC(=O)N2CCN(Cc3cccc4ccccc34)CC2)c([N+](=O)[O-])c1. The van der Waals surface area contributed by atoms with Gasteiger partial charge >= 0.3 is 5.69 Å². The van der Waals surface area contributed by atoms with Gasteiger partial charge in [-0.1, -0.05) is 42.5 Å². The van der Waals surface area contributed by atoms with Crippen LogP contribution in [0.4, 0.5) is 5.69 Å². The summed E-state index contributed by atoms with van der Waals surface area (Å²) < 4.78 is 28.3. The highest BCUT2D eigenvalue weighted by molar-refractivity contribution is 7.89. The van der Waals surface area contributed by atoms with E-state index in [4.69, 9.17) is 9.88 Å². The number of nitro benzene ring substituents is 1. The zero-order valence-corrected chi connectivity index (χ0v) is 19.1. The average molecular weight is 485 g/mol. The van der Waals surface area contributed by atoms with E-state index in [1.165, 1.54) is 16.3 Å². The summed E-state index contributed by atoms with van der Waals surface area (Å²) in [6, 6.07) is 17.5. The van der Waals surface area contributed by atoms with Crippen molar-refractivity contribution in [1.82, 2.24) is 9.80 Å². The molecule has 1 aliphatic rings. The number of piperazine rings is 1. The zero-order valence-electron chi connectivity index (χ0n) is 18.3. The molecule has 0 unspecified atom stereocenters. The molecule has 10 nitrogen and oxygen atoms in total. The average Bonchev–Trinajstić information content (AvgIpc) is 2.82. The van der Waals surface area contributed by atoms with E-state index >= 15 is 0 Å². The van der Waals surface area contributed by atoms with Crippen LogP contribution in [0.1, 0.15) is 5.56 Å². The van der Waals surface area contributed by atoms with Gasteiger partial charge in [0.05, 0.1) is 9.82 Å². The third-order valence-electron chi connectivity index (χ3n) is 5.81. The molecular formula is C23H24N4O6S. The second-order valence-corrected chi connectivity index (χ2v) is 9.58. The Morgan fingerprint density at radius 3 is 2.44 bits per heavy atom. The van der Waals surface area contributed by atoms with Gasteiger partial charge < -0.3 is 9.64 Å². The van der Waals surface area contributed by atoms with Crippen LogP contribution in [-0.4, -0.2) is 61.8 Å². The Hall–Kier alpha value is -3.54. The van der Waals surface area contributed by atoms with Crippen molar-refractivity contribution in [2.75, 3.05) is 32.8 Å². The van der Waals surface area contributed by atoms with Crippen molar-refractivity contribution >= 4 is 32.4 Å². The number of hydrogen-bond acceptors (Lipinski definition) is 7. The molecule has 11 heteroatoms. The summed E-state index contributed by atoms with van der Waals surface area (Å²) in [6.07, 6.45) is 0. The van der Waals surface area contributed by atoms with Crippen LogP contribution < -0.4 is 9.88 Å². The molecule has 1 aliphatic heterocycles. The number of hydrogen-bond donors (Lipinski definition) is 1. The summed E-state index contributed by atoms with van der Waals surface area (Å²) in [4.78, 5) is 26.7. The lowest BCUT2D eigenvalue weighted by atomic mass is 10.0. The second kappa shape index (κ2) is 9.75. The predicted octanol–water partition coefficient (Wildman–Crippen LogP) is 2.12. The van der Waals surface area contributed by atoms with E-state index in [0.29, 0.717) is 26.2 Å². The Kier molecular flexibility index (Phi) is 6.77. The minimum Gasteiger partial charge on any atom is -0.477 e. The van der Waals surface area contributed by atoms with Crippen LogP contribution in [0.2, 0.25) is 0 Å². The van der Waals surface area contributed by atoms with Crippen LogP contribution in [0.15, 0.2) is 65.6 Å². The van der Waals surface area contributed by atoms with Gasteiger partial charge in [-0.2, -0.15) is 0 Å². The fourth-order valence-electron chi connectivity index (χ4n) is 4.00. The van der Waals surface area contributed by atoms with Crippen molar-refractivity contribution in [2.45, 2.75) is 11.4 Å². The molecule has 1 saturated heterocycles. The van der Waals surface area contributed by atoms with Gasteiger partial charge in [-0.15, -0.1) is 0 Å². The number of sulfonamides is 1. The molecule has 3 aromatic rings. The van der Waals surface area contributed by atoms with Gasteiger partial charge in [0.15, 0.2) is 12.4 Å². The Morgan fingerprint density at radius 2 is 1.74 bits per heavy atom. The summed E-state index contributed by atoms with van der Waals surface area (Å²) in [7, 11) is -4.10. The molecule has 1 heterocycles. The zero-order chi connectivity index (χ0) is 24.3. The fraction of sp³-hybridized carbons (Fsp3) is 0.261. The molecule has 0 aliphatic carbocycles. The number of rotatable bonds is 7. The molecule has 3 aromatic carbocycles. The first-order chi connectivity index (χ1) is 16.2. The maximum atomic E-state index is 12.6. The first kappa shape index (κ1) is 23.6. The van der Waals surface area contributed by atoms with Crippen LogP contribution in [-0.2, 0) is 21.4 Å². The van der Waals surface area contributed by atoms with Crippen molar-refractivity contribution in [3.8, 4) is 5.75 Å². The summed E-state index contributed by atoms with van der Waals surface area (Å²) in [6.45, 7) is 2.80. The number of carbonyl (C=O) groups is 1. The molecule has 0 aromatic heterocycles. The molecule has 1 fully saturated rings. The number of ether oxygens (including phenoxy) is 1. The molecule has 2 N–H and O–H groups in total. The number of benzene rings is 3. The standard InChI is InChI=1S/C23H24N4O6S/c24-34(31,32)19-8-9-22(21(14-19)27(29)30)33-16-23(28)26-12-10-25(11-13-26)15-18-6-3-5-17-4-1-2-7-20(17)18/h1-9,14H,10-13,15-16H2,(H2,24,31,32). The number of amides is 1. The Labute approximate surface area is 196 Å². The maximum Gasteiger partial charge on any atom is 0.312 e. The van der Waals surface area contributed by atoms with Gasteiger partial charge in [0.2, 0.25) is 10.0 Å². The Morgan fingerprint density at radius 1 is 1.03 bits per heavy atom. The Bertz CT molecular complexity index is 1330. The molecule has 0 spiro atoms. The van der Waals surface area contributed by atoms with Crippen molar-refractivity contribution in [1.29, 1.82) is 0 Å². The number of primary sulfonamides is 1. The van der Waals surface area contributed by atoms with Gasteiger partial charge in [0.25, 0.3) is 5.91 Å². The number of nitrogens with two attached hydrogens (primary N) is 1. The predicted molar refractivity (Wildman–Crippen MR) is 126 cm³/mol. The normalized spacial score (nSPS) is 14.8. The highest BCUT2D eigenvalue weighted by Crippen LogP contribution is 2.29. The van der Waals surface area contributed by atoms with Gasteiger partial charge in [-0.05, 0) is 28.5 Å². The third kappa shape index (κ3) is 5.33. The van der Waals surface area contributed by atoms with Crippen molar-refractivity contribution in [2.24, 2.45) is 5.14 Å². The minimum atomic E-state index is -4.10. The first-order valence-electron chi connectivity index (χ1n) is 10.6. The summed E-state index contributed by atoms with van der Waals surface area (Å²) >= 11 is 0. The van der Waals surface area contributed by atoms with Gasteiger partial charge in [-0.25, -0.2) is 13.6 Å². The van der Waals surface area contributed by atoms with Gasteiger partial charge in [0.1, 0.15) is 0 Å². The molecule has 34 heavy (non-hydrogen) atoms.